The first-order valence-electron chi connectivity index (χ1n) is 14.8. The van der Waals surface area contributed by atoms with Crippen LogP contribution in [0.5, 0.6) is 0 Å². The highest BCUT2D eigenvalue weighted by atomic mass is 35.5. The normalized spacial score (nSPS) is 18.0. The third-order valence-electron chi connectivity index (χ3n) is 8.49. The molecule has 236 valence electrons. The maximum Gasteiger partial charge on any atom is 0.326 e. The van der Waals surface area contributed by atoms with Gasteiger partial charge in [-0.25, -0.2) is 18.2 Å². The Hall–Kier alpha value is -2.05. The molecular formula is C30H40Cl2N4O5S2. The average molecular weight is 672 g/mol. The van der Waals surface area contributed by atoms with E-state index < -0.39 is 27.9 Å². The lowest BCUT2D eigenvalue weighted by Gasteiger charge is -2.34. The summed E-state index contributed by atoms with van der Waals surface area (Å²) in [6.45, 7) is 2.86. The number of amides is 1. The number of halogens is 2. The molecule has 0 spiro atoms. The summed E-state index contributed by atoms with van der Waals surface area (Å²) in [6.07, 6.45) is 11.1. The number of hydrogen-bond donors (Lipinski definition) is 2. The maximum absolute atomic E-state index is 13.0. The summed E-state index contributed by atoms with van der Waals surface area (Å²) in [7, 11) is -3.57. The first kappa shape index (κ1) is 33.8. The van der Waals surface area contributed by atoms with Crippen molar-refractivity contribution in [3.8, 4) is 0 Å². The molecule has 0 bridgehead atoms. The molecule has 1 aromatic carbocycles. The summed E-state index contributed by atoms with van der Waals surface area (Å²) >= 11 is 13.5. The van der Waals surface area contributed by atoms with Crippen LogP contribution in [0.15, 0.2) is 41.4 Å². The number of thioether (sulfide) groups is 1. The second kappa shape index (κ2) is 15.8. The number of hydrogen-bond acceptors (Lipinski definition) is 7. The fourth-order valence-corrected chi connectivity index (χ4v) is 8.14. The third-order valence-corrected chi connectivity index (χ3v) is 11.8. The van der Waals surface area contributed by atoms with Gasteiger partial charge in [0.1, 0.15) is 11.9 Å². The zero-order chi connectivity index (χ0) is 31.0. The van der Waals surface area contributed by atoms with Crippen LogP contribution in [0.25, 0.3) is 0 Å². The minimum atomic E-state index is -3.57. The van der Waals surface area contributed by atoms with Crippen LogP contribution in [0.3, 0.4) is 0 Å². The fourth-order valence-electron chi connectivity index (χ4n) is 5.81. The number of nitrogens with zero attached hydrogens (tertiary/aromatic N) is 3. The summed E-state index contributed by atoms with van der Waals surface area (Å²) in [5.74, 6) is 1.22. The summed E-state index contributed by atoms with van der Waals surface area (Å²) in [5.41, 5.74) is 0.354. The molecule has 43 heavy (non-hydrogen) atoms. The predicted octanol–water partition coefficient (Wildman–Crippen LogP) is 5.81. The van der Waals surface area contributed by atoms with E-state index in [-0.39, 0.29) is 9.92 Å². The number of rotatable bonds is 13. The number of carbonyl (C=O) groups excluding carboxylic acids is 1. The second-order valence-electron chi connectivity index (χ2n) is 11.3. The molecule has 9 nitrogen and oxygen atoms in total. The molecule has 0 radical (unpaired) electrons. The van der Waals surface area contributed by atoms with Gasteiger partial charge in [-0.3, -0.25) is 4.79 Å². The van der Waals surface area contributed by atoms with E-state index in [0.29, 0.717) is 47.7 Å². The number of carboxylic acid groups (broad SMARTS) is 1. The number of piperidine rings is 2. The van der Waals surface area contributed by atoms with Crippen molar-refractivity contribution in [2.75, 3.05) is 43.1 Å². The molecule has 2 N–H and O–H groups in total. The smallest absolute Gasteiger partial charge is 0.326 e. The number of nitrogens with one attached hydrogen (secondary N) is 1. The van der Waals surface area contributed by atoms with Crippen LogP contribution in [-0.2, 0) is 14.8 Å². The third kappa shape index (κ3) is 9.23. The van der Waals surface area contributed by atoms with Crippen LogP contribution in [0.4, 0.5) is 5.82 Å². The van der Waals surface area contributed by atoms with Gasteiger partial charge in [0.25, 0.3) is 5.91 Å². The topological polar surface area (TPSA) is 120 Å². The van der Waals surface area contributed by atoms with Crippen molar-refractivity contribution in [1.82, 2.24) is 14.6 Å². The lowest BCUT2D eigenvalue weighted by molar-refractivity contribution is -0.139. The number of carbonyl (C=O) groups is 2. The molecule has 3 heterocycles. The standard InChI is InChI=1S/C30H40Cl2N4O5S2/c1-42-18-13-27(30(38)39)34-29(37)23-5-8-28(33-20-23)35-14-9-21(10-15-35)3-2-4-22-11-16-36(17-12-22)43(40,41)24-6-7-25(31)26(32)19-24/h5-8,19-22,27H,2-4,9-18H2,1H3,(H,34,37)(H,38,39). The second-order valence-corrected chi connectivity index (χ2v) is 15.1. The average Bonchev–Trinajstić information content (AvgIpc) is 3.01. The SMILES string of the molecule is CSCCC(NC(=O)c1ccc(N2CCC(CCCC3CCN(S(=O)(=O)c4ccc(Cl)c(Cl)c4)CC3)CC2)nc1)C(=O)O. The Balaban J connectivity index is 1.15. The predicted molar refractivity (Wildman–Crippen MR) is 173 cm³/mol. The Morgan fingerprint density at radius 1 is 1.02 bits per heavy atom. The molecule has 2 aliphatic heterocycles. The number of pyridine rings is 1. The molecule has 0 aliphatic carbocycles. The summed E-state index contributed by atoms with van der Waals surface area (Å²) < 4.78 is 27.6. The van der Waals surface area contributed by atoms with E-state index in [0.717, 1.165) is 57.4 Å². The monoisotopic (exact) mass is 670 g/mol. The quantitative estimate of drug-likeness (QED) is 0.274. The molecule has 1 atom stereocenters. The Kier molecular flexibility index (Phi) is 12.4. The van der Waals surface area contributed by atoms with Gasteiger partial charge in [0.2, 0.25) is 10.0 Å². The molecule has 2 saturated heterocycles. The lowest BCUT2D eigenvalue weighted by Crippen LogP contribution is -2.41. The van der Waals surface area contributed by atoms with Crippen LogP contribution in [-0.4, -0.2) is 78.9 Å². The zero-order valence-corrected chi connectivity index (χ0v) is 27.5. The van der Waals surface area contributed by atoms with Gasteiger partial charge in [-0.05, 0) is 86.3 Å². The maximum atomic E-state index is 13.0. The van der Waals surface area contributed by atoms with Gasteiger partial charge >= 0.3 is 5.97 Å². The number of benzene rings is 1. The van der Waals surface area contributed by atoms with E-state index in [1.165, 1.54) is 30.8 Å². The minimum Gasteiger partial charge on any atom is -0.480 e. The van der Waals surface area contributed by atoms with Crippen LogP contribution < -0.4 is 10.2 Å². The molecule has 2 fully saturated rings. The van der Waals surface area contributed by atoms with Crippen molar-refractivity contribution in [2.45, 2.75) is 62.3 Å². The summed E-state index contributed by atoms with van der Waals surface area (Å²) in [4.78, 5) is 30.9. The molecule has 1 unspecified atom stereocenters. The Morgan fingerprint density at radius 3 is 2.23 bits per heavy atom. The van der Waals surface area contributed by atoms with Crippen LogP contribution in [0.1, 0.15) is 61.7 Å². The molecular weight excluding hydrogens is 631 g/mol. The van der Waals surface area contributed by atoms with Crippen molar-refractivity contribution < 1.29 is 23.1 Å². The molecule has 2 aromatic rings. The fraction of sp³-hybridized carbons (Fsp3) is 0.567. The summed E-state index contributed by atoms with van der Waals surface area (Å²) in [6, 6.07) is 7.09. The van der Waals surface area contributed by atoms with Gasteiger partial charge in [-0.2, -0.15) is 16.1 Å². The van der Waals surface area contributed by atoms with Crippen molar-refractivity contribution in [3.63, 3.8) is 0 Å². The van der Waals surface area contributed by atoms with Crippen molar-refractivity contribution in [1.29, 1.82) is 0 Å². The van der Waals surface area contributed by atoms with Gasteiger partial charge in [-0.1, -0.05) is 42.5 Å². The number of carboxylic acids is 1. The van der Waals surface area contributed by atoms with Crippen molar-refractivity contribution >= 4 is 62.7 Å². The minimum absolute atomic E-state index is 0.189. The van der Waals surface area contributed by atoms with Crippen LogP contribution >= 0.6 is 35.0 Å². The molecule has 2 aliphatic rings. The lowest BCUT2D eigenvalue weighted by atomic mass is 9.87. The highest BCUT2D eigenvalue weighted by molar-refractivity contribution is 7.98. The number of sulfonamides is 1. The zero-order valence-electron chi connectivity index (χ0n) is 24.4. The Bertz CT molecular complexity index is 1350. The first-order valence-corrected chi connectivity index (χ1v) is 18.4. The van der Waals surface area contributed by atoms with Gasteiger partial charge in [0, 0.05) is 32.4 Å². The van der Waals surface area contributed by atoms with E-state index in [1.54, 1.807) is 22.1 Å². The van der Waals surface area contributed by atoms with E-state index in [2.05, 4.69) is 15.2 Å². The van der Waals surface area contributed by atoms with Crippen LogP contribution in [0, 0.1) is 11.8 Å². The first-order chi connectivity index (χ1) is 20.6. The molecule has 0 saturated carbocycles. The summed E-state index contributed by atoms with van der Waals surface area (Å²) in [5, 5.41) is 12.5. The van der Waals surface area contributed by atoms with Crippen molar-refractivity contribution in [2.24, 2.45) is 11.8 Å². The van der Waals surface area contributed by atoms with Crippen LogP contribution in [0.2, 0.25) is 10.0 Å². The largest absolute Gasteiger partial charge is 0.480 e. The number of anilines is 1. The highest BCUT2D eigenvalue weighted by Gasteiger charge is 2.30. The van der Waals surface area contributed by atoms with E-state index >= 15 is 0 Å². The molecule has 1 aromatic heterocycles. The van der Waals surface area contributed by atoms with Gasteiger partial charge in [-0.15, -0.1) is 0 Å². The van der Waals surface area contributed by atoms with E-state index in [4.69, 9.17) is 23.2 Å². The Labute approximate surface area is 268 Å². The molecule has 1 amide bonds. The molecule has 4 rings (SSSR count). The Morgan fingerprint density at radius 2 is 1.67 bits per heavy atom. The highest BCUT2D eigenvalue weighted by Crippen LogP contribution is 2.32. The van der Waals surface area contributed by atoms with Gasteiger partial charge < -0.3 is 15.3 Å². The van der Waals surface area contributed by atoms with Crippen molar-refractivity contribution in [3.05, 3.63) is 52.1 Å². The number of aromatic nitrogens is 1. The number of aliphatic carboxylic acids is 1. The van der Waals surface area contributed by atoms with Gasteiger partial charge in [0.15, 0.2) is 0 Å². The van der Waals surface area contributed by atoms with Gasteiger partial charge in [0.05, 0.1) is 20.5 Å². The van der Waals surface area contributed by atoms with E-state index in [9.17, 15) is 23.1 Å². The van der Waals surface area contributed by atoms with E-state index in [1.807, 2.05) is 12.3 Å². The molecule has 13 heteroatoms.